The standard InChI is InChI=1S/C19H18N2O2S2/c1-14-20-18(12-24-14)16-7-8-19-17(11-16)9-10-21(19)25(22,23)13-15-5-3-2-4-6-15/h2-8,11-12H,9-10,13H2,1H3. The Morgan fingerprint density at radius 1 is 1.16 bits per heavy atom. The van der Waals surface area contributed by atoms with E-state index in [0.717, 1.165) is 39.5 Å². The summed E-state index contributed by atoms with van der Waals surface area (Å²) in [5.41, 5.74) is 4.68. The third-order valence-electron chi connectivity index (χ3n) is 4.37. The van der Waals surface area contributed by atoms with Crippen molar-refractivity contribution < 1.29 is 8.42 Å². The fraction of sp³-hybridized carbons (Fsp3) is 0.211. The molecule has 4 nitrogen and oxygen atoms in total. The fourth-order valence-electron chi connectivity index (χ4n) is 3.18. The van der Waals surface area contributed by atoms with Gasteiger partial charge in [0.2, 0.25) is 10.0 Å². The molecule has 4 rings (SSSR count). The van der Waals surface area contributed by atoms with Crippen LogP contribution in [0.5, 0.6) is 0 Å². The number of anilines is 1. The summed E-state index contributed by atoms with van der Waals surface area (Å²) < 4.78 is 27.2. The van der Waals surface area contributed by atoms with Gasteiger partial charge in [-0.3, -0.25) is 4.31 Å². The van der Waals surface area contributed by atoms with Gasteiger partial charge in [-0.15, -0.1) is 11.3 Å². The molecule has 0 saturated heterocycles. The van der Waals surface area contributed by atoms with E-state index in [1.807, 2.05) is 54.8 Å². The van der Waals surface area contributed by atoms with E-state index in [-0.39, 0.29) is 5.75 Å². The van der Waals surface area contributed by atoms with Gasteiger partial charge < -0.3 is 0 Å². The Hall–Kier alpha value is -2.18. The molecule has 2 heterocycles. The molecule has 0 spiro atoms. The maximum Gasteiger partial charge on any atom is 0.239 e. The van der Waals surface area contributed by atoms with Crippen molar-refractivity contribution in [1.29, 1.82) is 0 Å². The average Bonchev–Trinajstić information content (AvgIpc) is 3.21. The predicted molar refractivity (Wildman–Crippen MR) is 102 cm³/mol. The molecule has 0 N–H and O–H groups in total. The number of hydrogen-bond acceptors (Lipinski definition) is 4. The van der Waals surface area contributed by atoms with Crippen LogP contribution in [0.25, 0.3) is 11.3 Å². The van der Waals surface area contributed by atoms with Crippen molar-refractivity contribution in [1.82, 2.24) is 4.98 Å². The van der Waals surface area contributed by atoms with Crippen LogP contribution in [-0.4, -0.2) is 19.9 Å². The Morgan fingerprint density at radius 3 is 2.68 bits per heavy atom. The maximum atomic E-state index is 12.8. The van der Waals surface area contributed by atoms with E-state index in [9.17, 15) is 8.42 Å². The number of hydrogen-bond donors (Lipinski definition) is 0. The maximum absolute atomic E-state index is 12.8. The number of sulfonamides is 1. The van der Waals surface area contributed by atoms with E-state index in [1.165, 1.54) is 0 Å². The van der Waals surface area contributed by atoms with Crippen molar-refractivity contribution in [3.63, 3.8) is 0 Å². The highest BCUT2D eigenvalue weighted by atomic mass is 32.2. The van der Waals surface area contributed by atoms with Gasteiger partial charge in [0.25, 0.3) is 0 Å². The van der Waals surface area contributed by atoms with Gasteiger partial charge in [-0.1, -0.05) is 36.4 Å². The minimum Gasteiger partial charge on any atom is -0.269 e. The number of aryl methyl sites for hydroxylation is 1. The largest absolute Gasteiger partial charge is 0.269 e. The monoisotopic (exact) mass is 370 g/mol. The van der Waals surface area contributed by atoms with Gasteiger partial charge in [-0.25, -0.2) is 13.4 Å². The number of fused-ring (bicyclic) bond motifs is 1. The van der Waals surface area contributed by atoms with E-state index in [2.05, 4.69) is 11.1 Å². The number of benzene rings is 2. The fourth-order valence-corrected chi connectivity index (χ4v) is 5.42. The Bertz CT molecular complexity index is 1010. The average molecular weight is 370 g/mol. The van der Waals surface area contributed by atoms with E-state index < -0.39 is 10.0 Å². The molecular formula is C19H18N2O2S2. The van der Waals surface area contributed by atoms with E-state index >= 15 is 0 Å². The van der Waals surface area contributed by atoms with Gasteiger partial charge in [0, 0.05) is 17.5 Å². The van der Waals surface area contributed by atoms with E-state index in [4.69, 9.17) is 0 Å². The number of thiazole rings is 1. The lowest BCUT2D eigenvalue weighted by Crippen LogP contribution is -2.30. The Balaban J connectivity index is 1.63. The molecule has 0 saturated carbocycles. The molecule has 6 heteroatoms. The van der Waals surface area contributed by atoms with Gasteiger partial charge in [0.1, 0.15) is 0 Å². The van der Waals surface area contributed by atoms with Crippen LogP contribution >= 0.6 is 11.3 Å². The zero-order valence-corrected chi connectivity index (χ0v) is 15.5. The molecule has 2 aromatic carbocycles. The summed E-state index contributed by atoms with van der Waals surface area (Å²) in [6.45, 7) is 2.49. The van der Waals surface area contributed by atoms with E-state index in [0.29, 0.717) is 6.54 Å². The van der Waals surface area contributed by atoms with Crippen molar-refractivity contribution in [3.05, 3.63) is 70.0 Å². The first-order valence-corrected chi connectivity index (χ1v) is 10.6. The topological polar surface area (TPSA) is 50.3 Å². The Kier molecular flexibility index (Phi) is 4.09. The first-order valence-electron chi connectivity index (χ1n) is 8.13. The molecule has 1 aliphatic rings. The highest BCUT2D eigenvalue weighted by molar-refractivity contribution is 7.92. The third-order valence-corrected chi connectivity index (χ3v) is 6.90. The van der Waals surface area contributed by atoms with Crippen LogP contribution in [0, 0.1) is 6.92 Å². The summed E-state index contributed by atoms with van der Waals surface area (Å²) in [5.74, 6) is 0.0281. The quantitative estimate of drug-likeness (QED) is 0.697. The van der Waals surface area contributed by atoms with Gasteiger partial charge in [-0.2, -0.15) is 0 Å². The lowest BCUT2D eigenvalue weighted by Gasteiger charge is -2.19. The van der Waals surface area contributed by atoms with Crippen molar-refractivity contribution >= 4 is 27.0 Å². The van der Waals surface area contributed by atoms with Crippen molar-refractivity contribution in [2.24, 2.45) is 0 Å². The summed E-state index contributed by atoms with van der Waals surface area (Å²) in [7, 11) is -3.38. The summed E-state index contributed by atoms with van der Waals surface area (Å²) in [6, 6.07) is 15.3. The SMILES string of the molecule is Cc1nc(-c2ccc3c(c2)CCN3S(=O)(=O)Cc2ccccc2)cs1. The molecule has 0 amide bonds. The van der Waals surface area contributed by atoms with Crippen LogP contribution in [-0.2, 0) is 22.2 Å². The molecule has 1 aliphatic heterocycles. The van der Waals surface area contributed by atoms with Crippen LogP contribution in [0.4, 0.5) is 5.69 Å². The summed E-state index contributed by atoms with van der Waals surface area (Å²) in [5, 5.41) is 3.07. The molecular weight excluding hydrogens is 352 g/mol. The van der Waals surface area contributed by atoms with Gasteiger partial charge in [0.15, 0.2) is 0 Å². The number of aromatic nitrogens is 1. The Morgan fingerprint density at radius 2 is 1.96 bits per heavy atom. The highest BCUT2D eigenvalue weighted by Crippen LogP contribution is 2.35. The first-order chi connectivity index (χ1) is 12.0. The zero-order valence-electron chi connectivity index (χ0n) is 13.8. The van der Waals surface area contributed by atoms with Gasteiger partial charge in [-0.05, 0) is 36.6 Å². The van der Waals surface area contributed by atoms with E-state index in [1.54, 1.807) is 15.6 Å². The molecule has 0 unspecified atom stereocenters. The zero-order chi connectivity index (χ0) is 17.4. The normalized spacial score (nSPS) is 13.9. The number of nitrogens with zero attached hydrogens (tertiary/aromatic N) is 2. The minimum absolute atomic E-state index is 0.0281. The van der Waals surface area contributed by atoms with Crippen LogP contribution < -0.4 is 4.31 Å². The smallest absolute Gasteiger partial charge is 0.239 e. The molecule has 128 valence electrons. The first kappa shape index (κ1) is 16.3. The molecule has 0 aliphatic carbocycles. The molecule has 0 atom stereocenters. The van der Waals surface area contributed by atoms with Crippen molar-refractivity contribution in [2.75, 3.05) is 10.8 Å². The van der Waals surface area contributed by atoms with Crippen molar-refractivity contribution in [2.45, 2.75) is 19.1 Å². The van der Waals surface area contributed by atoms with Gasteiger partial charge in [0.05, 0.1) is 22.1 Å². The second kappa shape index (κ2) is 6.28. The molecule has 0 bridgehead atoms. The molecule has 0 fully saturated rings. The molecule has 25 heavy (non-hydrogen) atoms. The molecule has 0 radical (unpaired) electrons. The van der Waals surface area contributed by atoms with Crippen LogP contribution in [0.2, 0.25) is 0 Å². The van der Waals surface area contributed by atoms with Crippen molar-refractivity contribution in [3.8, 4) is 11.3 Å². The summed E-state index contributed by atoms with van der Waals surface area (Å²) >= 11 is 1.62. The van der Waals surface area contributed by atoms with Crippen LogP contribution in [0.3, 0.4) is 0 Å². The summed E-state index contributed by atoms with van der Waals surface area (Å²) in [6.07, 6.45) is 0.736. The van der Waals surface area contributed by atoms with Gasteiger partial charge >= 0.3 is 0 Å². The highest BCUT2D eigenvalue weighted by Gasteiger charge is 2.29. The third kappa shape index (κ3) is 3.19. The lowest BCUT2D eigenvalue weighted by atomic mass is 10.1. The summed E-state index contributed by atoms with van der Waals surface area (Å²) in [4.78, 5) is 4.52. The predicted octanol–water partition coefficient (Wildman–Crippen LogP) is 4.01. The van der Waals surface area contributed by atoms with Crippen LogP contribution in [0.15, 0.2) is 53.9 Å². The second-order valence-corrected chi connectivity index (χ2v) is 9.11. The Labute approximate surface area is 151 Å². The molecule has 3 aromatic rings. The van der Waals surface area contributed by atoms with Crippen LogP contribution in [0.1, 0.15) is 16.1 Å². The number of rotatable bonds is 4. The molecule has 1 aromatic heterocycles. The lowest BCUT2D eigenvalue weighted by molar-refractivity contribution is 0.591. The minimum atomic E-state index is -3.38. The second-order valence-electron chi connectivity index (χ2n) is 6.16.